The van der Waals surface area contributed by atoms with E-state index in [1.54, 1.807) is 12.4 Å². The normalized spacial score (nSPS) is 16.5. The van der Waals surface area contributed by atoms with Crippen LogP contribution in [0.2, 0.25) is 4.47 Å². The summed E-state index contributed by atoms with van der Waals surface area (Å²) in [7, 11) is 0. The van der Waals surface area contributed by atoms with Crippen LogP contribution in [-0.2, 0) is 0 Å². The van der Waals surface area contributed by atoms with Gasteiger partial charge in [-0.2, -0.15) is 10.2 Å². The summed E-state index contributed by atoms with van der Waals surface area (Å²) >= 11 is 6.96. The molecule has 6 nitrogen and oxygen atoms in total. The maximum atomic E-state index is 11.3. The van der Waals surface area contributed by atoms with E-state index >= 15 is 0 Å². The van der Waals surface area contributed by atoms with Gasteiger partial charge in [0.05, 0.1) is 23.3 Å². The molecule has 1 aliphatic heterocycles. The lowest BCUT2D eigenvalue weighted by molar-refractivity contribution is 0.204. The van der Waals surface area contributed by atoms with Crippen LogP contribution in [0.1, 0.15) is 11.8 Å². The average molecular weight is 258 g/mol. The quantitative estimate of drug-likeness (QED) is 0.817. The number of halogens is 1. The average Bonchev–Trinajstić information content (AvgIpc) is 2.66. The predicted molar refractivity (Wildman–Crippen MR) is 63.1 cm³/mol. The van der Waals surface area contributed by atoms with E-state index in [9.17, 15) is 4.79 Å². The van der Waals surface area contributed by atoms with Crippen molar-refractivity contribution in [1.82, 2.24) is 15.4 Å². The standard InChI is InChI=1S/C8H8ClN5OS/c1-5-4-14(8(15)13-12-5)11-3-6-2-10-7(9)16-6/h2-3H,4H2,1H3,(H,13,15). The second kappa shape index (κ2) is 4.58. The van der Waals surface area contributed by atoms with E-state index in [1.165, 1.54) is 16.3 Å². The molecule has 0 saturated heterocycles. The predicted octanol–water partition coefficient (Wildman–Crippen LogP) is 1.53. The third kappa shape index (κ3) is 2.56. The molecular weight excluding hydrogens is 250 g/mol. The van der Waals surface area contributed by atoms with Gasteiger partial charge in [0.2, 0.25) is 0 Å². The molecule has 0 unspecified atom stereocenters. The van der Waals surface area contributed by atoms with Gasteiger partial charge in [-0.3, -0.25) is 0 Å². The Morgan fingerprint density at radius 3 is 3.25 bits per heavy atom. The summed E-state index contributed by atoms with van der Waals surface area (Å²) in [5, 5.41) is 9.10. The van der Waals surface area contributed by atoms with E-state index < -0.39 is 0 Å². The molecule has 16 heavy (non-hydrogen) atoms. The van der Waals surface area contributed by atoms with Crippen molar-refractivity contribution in [2.75, 3.05) is 6.54 Å². The lowest BCUT2D eigenvalue weighted by Crippen LogP contribution is -2.41. The fraction of sp³-hybridized carbons (Fsp3) is 0.250. The maximum Gasteiger partial charge on any atom is 0.358 e. The zero-order chi connectivity index (χ0) is 11.5. The summed E-state index contributed by atoms with van der Waals surface area (Å²) in [6.07, 6.45) is 3.14. The topological polar surface area (TPSA) is 70.0 Å². The van der Waals surface area contributed by atoms with E-state index in [1.807, 2.05) is 6.92 Å². The molecule has 0 fully saturated rings. The number of nitrogens with one attached hydrogen (secondary N) is 1. The van der Waals surface area contributed by atoms with Crippen LogP contribution in [0, 0.1) is 0 Å². The molecule has 0 spiro atoms. The smallest absolute Gasteiger partial charge is 0.245 e. The number of aromatic nitrogens is 1. The van der Waals surface area contributed by atoms with Crippen molar-refractivity contribution < 1.29 is 4.79 Å². The summed E-state index contributed by atoms with van der Waals surface area (Å²) in [5.41, 5.74) is 3.14. The molecule has 0 aliphatic carbocycles. The van der Waals surface area contributed by atoms with Gasteiger partial charge in [-0.05, 0) is 6.92 Å². The highest BCUT2D eigenvalue weighted by Gasteiger charge is 2.17. The molecule has 84 valence electrons. The van der Waals surface area contributed by atoms with Crippen molar-refractivity contribution in [1.29, 1.82) is 0 Å². The molecule has 1 aliphatic rings. The van der Waals surface area contributed by atoms with Crippen LogP contribution in [0.3, 0.4) is 0 Å². The number of nitrogens with zero attached hydrogens (tertiary/aromatic N) is 4. The number of hydrazone groups is 2. The highest BCUT2D eigenvalue weighted by molar-refractivity contribution is 7.17. The summed E-state index contributed by atoms with van der Waals surface area (Å²) in [4.78, 5) is 16.0. The van der Waals surface area contributed by atoms with Crippen molar-refractivity contribution >= 4 is 40.9 Å². The molecular formula is C8H8ClN5OS. The van der Waals surface area contributed by atoms with E-state index in [4.69, 9.17) is 11.6 Å². The molecule has 0 bridgehead atoms. The summed E-state index contributed by atoms with van der Waals surface area (Å²) in [5.74, 6) is 0. The Kier molecular flexibility index (Phi) is 3.16. The largest absolute Gasteiger partial charge is 0.358 e. The van der Waals surface area contributed by atoms with Gasteiger partial charge in [0, 0.05) is 6.20 Å². The first-order chi connectivity index (χ1) is 7.65. The Hall–Kier alpha value is -1.47. The Labute approximate surface area is 101 Å². The van der Waals surface area contributed by atoms with E-state index in [2.05, 4.69) is 20.6 Å². The minimum Gasteiger partial charge on any atom is -0.245 e. The number of hydrogen-bond acceptors (Lipinski definition) is 5. The zero-order valence-corrected chi connectivity index (χ0v) is 9.92. The molecule has 1 aromatic rings. The van der Waals surface area contributed by atoms with Crippen molar-refractivity contribution in [3.05, 3.63) is 15.5 Å². The Morgan fingerprint density at radius 2 is 2.56 bits per heavy atom. The van der Waals surface area contributed by atoms with Crippen LogP contribution >= 0.6 is 22.9 Å². The molecule has 0 radical (unpaired) electrons. The first kappa shape index (κ1) is 11.0. The fourth-order valence-electron chi connectivity index (χ4n) is 1.07. The lowest BCUT2D eigenvalue weighted by Gasteiger charge is -2.19. The van der Waals surface area contributed by atoms with Gasteiger partial charge >= 0.3 is 6.03 Å². The van der Waals surface area contributed by atoms with Crippen LogP contribution in [0.5, 0.6) is 0 Å². The molecule has 0 atom stereocenters. The number of rotatable bonds is 2. The van der Waals surface area contributed by atoms with Gasteiger partial charge in [0.25, 0.3) is 0 Å². The minimum atomic E-state index is -0.350. The third-order valence-corrected chi connectivity index (χ3v) is 2.82. The van der Waals surface area contributed by atoms with Crippen LogP contribution < -0.4 is 5.43 Å². The van der Waals surface area contributed by atoms with Crippen LogP contribution in [-0.4, -0.2) is 34.5 Å². The fourth-order valence-corrected chi connectivity index (χ4v) is 1.89. The van der Waals surface area contributed by atoms with Crippen molar-refractivity contribution in [2.24, 2.45) is 10.2 Å². The van der Waals surface area contributed by atoms with Crippen molar-refractivity contribution in [3.8, 4) is 0 Å². The number of amides is 2. The summed E-state index contributed by atoms with van der Waals surface area (Å²) < 4.78 is 0.447. The van der Waals surface area contributed by atoms with Crippen molar-refractivity contribution in [2.45, 2.75) is 6.92 Å². The van der Waals surface area contributed by atoms with Gasteiger partial charge < -0.3 is 0 Å². The molecule has 2 amide bonds. The molecule has 8 heteroatoms. The van der Waals surface area contributed by atoms with E-state index in [-0.39, 0.29) is 6.03 Å². The molecule has 0 saturated carbocycles. The molecule has 1 aromatic heterocycles. The second-order valence-corrected chi connectivity index (χ2v) is 4.73. The summed E-state index contributed by atoms with van der Waals surface area (Å²) in [6.45, 7) is 2.19. The van der Waals surface area contributed by atoms with Crippen molar-refractivity contribution in [3.63, 3.8) is 0 Å². The van der Waals surface area contributed by atoms with Gasteiger partial charge in [-0.1, -0.05) is 11.6 Å². The number of carbonyl (C=O) groups excluding carboxylic acids is 1. The maximum absolute atomic E-state index is 11.3. The molecule has 2 heterocycles. The molecule has 1 N–H and O–H groups in total. The summed E-state index contributed by atoms with van der Waals surface area (Å²) in [6, 6.07) is -0.350. The minimum absolute atomic E-state index is 0.350. The van der Waals surface area contributed by atoms with Crippen LogP contribution in [0.15, 0.2) is 16.4 Å². The SMILES string of the molecule is CC1=NNC(=O)N(N=Cc2cnc(Cl)s2)C1. The molecule has 0 aromatic carbocycles. The van der Waals surface area contributed by atoms with Gasteiger partial charge in [0.15, 0.2) is 4.47 Å². The first-order valence-electron chi connectivity index (χ1n) is 4.41. The van der Waals surface area contributed by atoms with Gasteiger partial charge in [-0.15, -0.1) is 11.3 Å². The zero-order valence-electron chi connectivity index (χ0n) is 8.35. The van der Waals surface area contributed by atoms with Gasteiger partial charge in [-0.25, -0.2) is 20.2 Å². The second-order valence-electron chi connectivity index (χ2n) is 3.08. The number of carbonyl (C=O) groups is 1. The highest BCUT2D eigenvalue weighted by atomic mass is 35.5. The van der Waals surface area contributed by atoms with Crippen LogP contribution in [0.25, 0.3) is 0 Å². The Balaban J connectivity index is 2.07. The monoisotopic (exact) mass is 257 g/mol. The van der Waals surface area contributed by atoms with E-state index in [0.717, 1.165) is 10.6 Å². The third-order valence-electron chi connectivity index (χ3n) is 1.78. The number of hydrogen-bond donors (Lipinski definition) is 1. The molecule has 2 rings (SSSR count). The van der Waals surface area contributed by atoms with E-state index in [0.29, 0.717) is 11.0 Å². The first-order valence-corrected chi connectivity index (χ1v) is 5.60. The Bertz CT molecular complexity index is 469. The Morgan fingerprint density at radius 1 is 1.75 bits per heavy atom. The number of urea groups is 1. The highest BCUT2D eigenvalue weighted by Crippen LogP contribution is 2.15. The van der Waals surface area contributed by atoms with Gasteiger partial charge in [0.1, 0.15) is 0 Å². The number of thiazole rings is 1. The van der Waals surface area contributed by atoms with Crippen LogP contribution in [0.4, 0.5) is 4.79 Å². The lowest BCUT2D eigenvalue weighted by atomic mass is 10.4.